The third-order valence-corrected chi connectivity index (χ3v) is 4.70. The number of nitriles is 1. The molecule has 1 aromatic carbocycles. The number of pyridine rings is 1. The van der Waals surface area contributed by atoms with Crippen LogP contribution >= 0.6 is 0 Å². The molecule has 1 fully saturated rings. The van der Waals surface area contributed by atoms with Crippen molar-refractivity contribution >= 4 is 5.91 Å². The van der Waals surface area contributed by atoms with Crippen molar-refractivity contribution in [3.63, 3.8) is 0 Å². The van der Waals surface area contributed by atoms with E-state index in [0.717, 1.165) is 5.69 Å². The van der Waals surface area contributed by atoms with Gasteiger partial charge in [0.25, 0.3) is 5.91 Å². The number of aryl methyl sites for hydroxylation is 1. The molecule has 0 aliphatic heterocycles. The molecule has 140 valence electrons. The van der Waals surface area contributed by atoms with Gasteiger partial charge in [0.05, 0.1) is 30.4 Å². The Hall–Kier alpha value is -2.95. The number of aromatic nitrogens is 1. The number of aliphatic hydroxyl groups excluding tert-OH is 2. The molecule has 1 aromatic heterocycles. The molecule has 4 atom stereocenters. The molecule has 1 aliphatic carbocycles. The molecular formula is C20H21N3O4. The molecule has 1 aliphatic rings. The fourth-order valence-electron chi connectivity index (χ4n) is 3.17. The van der Waals surface area contributed by atoms with E-state index in [4.69, 9.17) is 10.00 Å². The Kier molecular flexibility index (Phi) is 5.69. The summed E-state index contributed by atoms with van der Waals surface area (Å²) in [5.41, 5.74) is 1.68. The van der Waals surface area contributed by atoms with E-state index in [2.05, 4.69) is 10.3 Å². The summed E-state index contributed by atoms with van der Waals surface area (Å²) in [5, 5.41) is 32.1. The number of nitrogens with one attached hydrogen (secondary N) is 1. The van der Waals surface area contributed by atoms with Crippen LogP contribution in [0.5, 0.6) is 5.88 Å². The van der Waals surface area contributed by atoms with Gasteiger partial charge in [0.1, 0.15) is 6.10 Å². The van der Waals surface area contributed by atoms with Crippen LogP contribution in [0.15, 0.2) is 42.5 Å². The number of hydrogen-bond donors (Lipinski definition) is 3. The Bertz CT molecular complexity index is 847. The SMILES string of the molecule is Cc1cccc(OC[C@H]2C[C@@H](NC(=O)c3ccc(C#N)cc3)[C@H](O)[C@@H]2O)n1. The van der Waals surface area contributed by atoms with Gasteiger partial charge < -0.3 is 20.3 Å². The normalized spacial score (nSPS) is 24.2. The topological polar surface area (TPSA) is 115 Å². The van der Waals surface area contributed by atoms with Crippen molar-refractivity contribution in [1.82, 2.24) is 10.3 Å². The Morgan fingerprint density at radius 1 is 1.26 bits per heavy atom. The number of benzene rings is 1. The largest absolute Gasteiger partial charge is 0.477 e. The second-order valence-electron chi connectivity index (χ2n) is 6.67. The monoisotopic (exact) mass is 367 g/mol. The summed E-state index contributed by atoms with van der Waals surface area (Å²) in [4.78, 5) is 16.6. The average Bonchev–Trinajstić information content (AvgIpc) is 2.94. The van der Waals surface area contributed by atoms with E-state index in [0.29, 0.717) is 23.4 Å². The molecule has 0 radical (unpaired) electrons. The first-order valence-electron chi connectivity index (χ1n) is 8.71. The van der Waals surface area contributed by atoms with Crippen LogP contribution in [0, 0.1) is 24.2 Å². The van der Waals surface area contributed by atoms with E-state index in [9.17, 15) is 15.0 Å². The Morgan fingerprint density at radius 2 is 2.00 bits per heavy atom. The zero-order valence-electron chi connectivity index (χ0n) is 14.9. The van der Waals surface area contributed by atoms with Gasteiger partial charge in [-0.2, -0.15) is 5.26 Å². The van der Waals surface area contributed by atoms with Crippen LogP contribution in [-0.4, -0.2) is 46.0 Å². The van der Waals surface area contributed by atoms with Crippen LogP contribution in [0.4, 0.5) is 0 Å². The summed E-state index contributed by atoms with van der Waals surface area (Å²) in [7, 11) is 0. The van der Waals surface area contributed by atoms with Gasteiger partial charge in [0, 0.05) is 23.2 Å². The molecule has 3 rings (SSSR count). The molecule has 3 N–H and O–H groups in total. The number of carbonyl (C=O) groups is 1. The van der Waals surface area contributed by atoms with Crippen molar-refractivity contribution < 1.29 is 19.7 Å². The minimum Gasteiger partial charge on any atom is -0.477 e. The van der Waals surface area contributed by atoms with E-state index in [1.807, 2.05) is 25.1 Å². The molecule has 0 bridgehead atoms. The van der Waals surface area contributed by atoms with E-state index in [1.54, 1.807) is 30.3 Å². The first-order chi connectivity index (χ1) is 13.0. The third-order valence-electron chi connectivity index (χ3n) is 4.70. The number of nitrogens with zero attached hydrogens (tertiary/aromatic N) is 2. The van der Waals surface area contributed by atoms with Crippen LogP contribution in [0.25, 0.3) is 0 Å². The number of aliphatic hydroxyl groups is 2. The second-order valence-corrected chi connectivity index (χ2v) is 6.67. The Morgan fingerprint density at radius 3 is 2.67 bits per heavy atom. The molecule has 27 heavy (non-hydrogen) atoms. The Labute approximate surface area is 157 Å². The lowest BCUT2D eigenvalue weighted by atomic mass is 10.1. The van der Waals surface area contributed by atoms with Crippen LogP contribution in [0.1, 0.15) is 28.0 Å². The van der Waals surface area contributed by atoms with Crippen molar-refractivity contribution in [3.05, 3.63) is 59.3 Å². The van der Waals surface area contributed by atoms with Gasteiger partial charge in [-0.15, -0.1) is 0 Å². The van der Waals surface area contributed by atoms with Crippen molar-refractivity contribution in [2.24, 2.45) is 5.92 Å². The lowest BCUT2D eigenvalue weighted by molar-refractivity contribution is 0.00217. The van der Waals surface area contributed by atoms with Gasteiger partial charge in [-0.05, 0) is 43.7 Å². The molecular weight excluding hydrogens is 346 g/mol. The van der Waals surface area contributed by atoms with Gasteiger partial charge in [0.2, 0.25) is 5.88 Å². The first-order valence-corrected chi connectivity index (χ1v) is 8.71. The third kappa shape index (κ3) is 4.42. The van der Waals surface area contributed by atoms with E-state index >= 15 is 0 Å². The van der Waals surface area contributed by atoms with E-state index in [1.165, 1.54) is 0 Å². The summed E-state index contributed by atoms with van der Waals surface area (Å²) < 4.78 is 5.63. The minimum absolute atomic E-state index is 0.192. The molecule has 1 heterocycles. The predicted octanol–water partition coefficient (Wildman–Crippen LogP) is 1.18. The fraction of sp³-hybridized carbons (Fsp3) is 0.350. The highest BCUT2D eigenvalue weighted by molar-refractivity contribution is 5.94. The summed E-state index contributed by atoms with van der Waals surface area (Å²) in [6, 6.07) is 13.0. The maximum absolute atomic E-state index is 12.3. The van der Waals surface area contributed by atoms with Crippen LogP contribution in [0.2, 0.25) is 0 Å². The van der Waals surface area contributed by atoms with Crippen LogP contribution in [-0.2, 0) is 0 Å². The zero-order valence-corrected chi connectivity index (χ0v) is 14.9. The maximum atomic E-state index is 12.3. The number of carbonyl (C=O) groups excluding carboxylic acids is 1. The van der Waals surface area contributed by atoms with Gasteiger partial charge in [-0.1, -0.05) is 6.07 Å². The molecule has 1 saturated carbocycles. The highest BCUT2D eigenvalue weighted by atomic mass is 16.5. The summed E-state index contributed by atoms with van der Waals surface area (Å²) >= 11 is 0. The maximum Gasteiger partial charge on any atom is 0.251 e. The molecule has 1 amide bonds. The van der Waals surface area contributed by atoms with Gasteiger partial charge >= 0.3 is 0 Å². The fourth-order valence-corrected chi connectivity index (χ4v) is 3.17. The summed E-state index contributed by atoms with van der Waals surface area (Å²) in [5.74, 6) is -0.229. The average molecular weight is 367 g/mol. The lowest BCUT2D eigenvalue weighted by Gasteiger charge is -2.18. The Balaban J connectivity index is 1.58. The predicted molar refractivity (Wildman–Crippen MR) is 97.0 cm³/mol. The number of hydrogen-bond acceptors (Lipinski definition) is 6. The van der Waals surface area contributed by atoms with Gasteiger partial charge in [-0.25, -0.2) is 4.98 Å². The first kappa shape index (κ1) is 18.8. The molecule has 0 saturated heterocycles. The van der Waals surface area contributed by atoms with Crippen molar-refractivity contribution in [1.29, 1.82) is 5.26 Å². The van der Waals surface area contributed by atoms with Crippen molar-refractivity contribution in [3.8, 4) is 11.9 Å². The van der Waals surface area contributed by atoms with Crippen LogP contribution < -0.4 is 10.1 Å². The van der Waals surface area contributed by atoms with E-state index < -0.39 is 18.2 Å². The minimum atomic E-state index is -1.08. The standard InChI is InChI=1S/C20H21N3O4/c1-12-3-2-4-17(22-12)27-11-15-9-16(19(25)18(15)24)23-20(26)14-7-5-13(10-21)6-8-14/h2-8,15-16,18-19,24-25H,9,11H2,1H3,(H,23,26)/t15-,16-,18-,19+/m1/s1. The number of amides is 1. The second kappa shape index (κ2) is 8.16. The molecule has 0 unspecified atom stereocenters. The molecule has 7 nitrogen and oxygen atoms in total. The lowest BCUT2D eigenvalue weighted by Crippen LogP contribution is -2.43. The van der Waals surface area contributed by atoms with Crippen molar-refractivity contribution in [2.45, 2.75) is 31.6 Å². The summed E-state index contributed by atoms with van der Waals surface area (Å²) in [6.45, 7) is 2.05. The number of ether oxygens (including phenoxy) is 1. The molecule has 0 spiro atoms. The highest BCUT2D eigenvalue weighted by Crippen LogP contribution is 2.28. The van der Waals surface area contributed by atoms with E-state index in [-0.39, 0.29) is 18.4 Å². The number of rotatable bonds is 5. The zero-order chi connectivity index (χ0) is 19.4. The molecule has 7 heteroatoms. The summed E-state index contributed by atoms with van der Waals surface area (Å²) in [6.07, 6.45) is -1.69. The van der Waals surface area contributed by atoms with Crippen LogP contribution in [0.3, 0.4) is 0 Å². The van der Waals surface area contributed by atoms with Gasteiger partial charge in [0.15, 0.2) is 0 Å². The quantitative estimate of drug-likeness (QED) is 0.731. The highest BCUT2D eigenvalue weighted by Gasteiger charge is 2.42. The van der Waals surface area contributed by atoms with Crippen molar-refractivity contribution in [2.75, 3.05) is 6.61 Å². The smallest absolute Gasteiger partial charge is 0.251 e. The van der Waals surface area contributed by atoms with Gasteiger partial charge in [-0.3, -0.25) is 4.79 Å². The molecule has 2 aromatic rings.